The van der Waals surface area contributed by atoms with Crippen LogP contribution in [0.5, 0.6) is 5.88 Å². The molecule has 1 atom stereocenters. The van der Waals surface area contributed by atoms with Crippen molar-refractivity contribution >= 4 is 16.6 Å². The molecule has 0 aliphatic rings. The minimum atomic E-state index is -1.77. The molecule has 1 aromatic heterocycles. The van der Waals surface area contributed by atoms with Gasteiger partial charge in [-0.1, -0.05) is 20.8 Å². The standard InChI is InChI=1S/C16H31NO2Si2/c1-13(18-21(8,9)16(2,3)4)14-10-11-17-15(12-14)19-20(5,6)7/h10-13H,1-9H3. The molecule has 120 valence electrons. The van der Waals surface area contributed by atoms with Gasteiger partial charge in [0.2, 0.25) is 8.32 Å². The van der Waals surface area contributed by atoms with E-state index in [1.54, 1.807) is 0 Å². The van der Waals surface area contributed by atoms with Crippen molar-refractivity contribution in [2.75, 3.05) is 0 Å². The van der Waals surface area contributed by atoms with Crippen LogP contribution in [0.1, 0.15) is 39.4 Å². The van der Waals surface area contributed by atoms with E-state index in [9.17, 15) is 0 Å². The van der Waals surface area contributed by atoms with Crippen LogP contribution in [-0.2, 0) is 4.43 Å². The molecule has 0 fully saturated rings. The predicted octanol–water partition coefficient (Wildman–Crippen LogP) is 5.38. The van der Waals surface area contributed by atoms with Crippen LogP contribution in [0.15, 0.2) is 18.3 Å². The summed E-state index contributed by atoms with van der Waals surface area (Å²) in [6, 6.07) is 4.05. The average molecular weight is 326 g/mol. The normalized spacial score (nSPS) is 14.9. The molecule has 3 nitrogen and oxygen atoms in total. The second-order valence-electron chi connectivity index (χ2n) is 8.16. The Labute approximate surface area is 132 Å². The van der Waals surface area contributed by atoms with E-state index >= 15 is 0 Å². The summed E-state index contributed by atoms with van der Waals surface area (Å²) >= 11 is 0. The zero-order valence-corrected chi connectivity index (χ0v) is 17.1. The molecule has 0 aliphatic heterocycles. The van der Waals surface area contributed by atoms with Gasteiger partial charge in [0.15, 0.2) is 14.2 Å². The molecule has 21 heavy (non-hydrogen) atoms. The Hall–Kier alpha value is -0.656. The van der Waals surface area contributed by atoms with Crippen LogP contribution >= 0.6 is 0 Å². The Kier molecular flexibility index (Phi) is 5.45. The average Bonchev–Trinajstić information content (AvgIpc) is 2.24. The molecule has 0 spiro atoms. The van der Waals surface area contributed by atoms with Crippen LogP contribution in [0.25, 0.3) is 0 Å². The van der Waals surface area contributed by atoms with Gasteiger partial charge in [-0.05, 0) is 56.3 Å². The molecular weight excluding hydrogens is 294 g/mol. The molecule has 0 saturated carbocycles. The molecule has 0 bridgehead atoms. The molecule has 0 radical (unpaired) electrons. The van der Waals surface area contributed by atoms with E-state index in [1.807, 2.05) is 18.3 Å². The SMILES string of the molecule is CC(O[Si](C)(C)C(C)(C)C)c1ccnc(O[Si](C)(C)C)c1. The topological polar surface area (TPSA) is 31.4 Å². The van der Waals surface area contributed by atoms with Gasteiger partial charge in [-0.2, -0.15) is 0 Å². The van der Waals surface area contributed by atoms with Crippen LogP contribution < -0.4 is 4.43 Å². The summed E-state index contributed by atoms with van der Waals surface area (Å²) < 4.78 is 12.4. The van der Waals surface area contributed by atoms with E-state index in [-0.39, 0.29) is 11.1 Å². The highest BCUT2D eigenvalue weighted by Crippen LogP contribution is 2.39. The molecule has 5 heteroatoms. The number of hydrogen-bond donors (Lipinski definition) is 0. The van der Waals surface area contributed by atoms with Gasteiger partial charge in [0.05, 0.1) is 6.10 Å². The zero-order chi connectivity index (χ0) is 16.5. The van der Waals surface area contributed by atoms with Gasteiger partial charge in [-0.15, -0.1) is 0 Å². The van der Waals surface area contributed by atoms with Crippen LogP contribution in [0.3, 0.4) is 0 Å². The Balaban J connectivity index is 2.89. The minimum absolute atomic E-state index is 0.0675. The third kappa shape index (κ3) is 5.56. The van der Waals surface area contributed by atoms with E-state index in [0.29, 0.717) is 0 Å². The molecular formula is C16H31NO2Si2. The van der Waals surface area contributed by atoms with E-state index in [2.05, 4.69) is 65.4 Å². The molecule has 0 saturated heterocycles. The van der Waals surface area contributed by atoms with Gasteiger partial charge in [0, 0.05) is 12.3 Å². The fourth-order valence-corrected chi connectivity index (χ4v) is 3.85. The summed E-state index contributed by atoms with van der Waals surface area (Å²) in [6.07, 6.45) is 1.88. The first kappa shape index (κ1) is 18.4. The third-order valence-electron chi connectivity index (χ3n) is 3.92. The Morgan fingerprint density at radius 1 is 1.10 bits per heavy atom. The quantitative estimate of drug-likeness (QED) is 0.681. The monoisotopic (exact) mass is 325 g/mol. The second-order valence-corrected chi connectivity index (χ2v) is 17.3. The second kappa shape index (κ2) is 6.22. The maximum Gasteiger partial charge on any atom is 0.244 e. The van der Waals surface area contributed by atoms with Crippen molar-refractivity contribution in [2.24, 2.45) is 0 Å². The molecule has 1 rings (SSSR count). The first-order chi connectivity index (χ1) is 9.32. The smallest absolute Gasteiger partial charge is 0.244 e. The van der Waals surface area contributed by atoms with Crippen molar-refractivity contribution in [3.63, 3.8) is 0 Å². The van der Waals surface area contributed by atoms with Crippen molar-refractivity contribution in [1.29, 1.82) is 0 Å². The zero-order valence-electron chi connectivity index (χ0n) is 15.1. The fourth-order valence-electron chi connectivity index (χ4n) is 1.73. The first-order valence-corrected chi connectivity index (χ1v) is 14.0. The predicted molar refractivity (Wildman–Crippen MR) is 94.9 cm³/mol. The number of aromatic nitrogens is 1. The Morgan fingerprint density at radius 3 is 2.14 bits per heavy atom. The lowest BCUT2D eigenvalue weighted by Crippen LogP contribution is -2.41. The van der Waals surface area contributed by atoms with Crippen molar-refractivity contribution in [3.05, 3.63) is 23.9 Å². The van der Waals surface area contributed by atoms with Crippen molar-refractivity contribution in [1.82, 2.24) is 4.98 Å². The summed E-state index contributed by atoms with van der Waals surface area (Å²) in [5, 5.41) is 0.214. The summed E-state index contributed by atoms with van der Waals surface area (Å²) in [5.74, 6) is 0.720. The molecule has 0 aliphatic carbocycles. The number of nitrogens with zero attached hydrogens (tertiary/aromatic N) is 1. The summed E-state index contributed by atoms with van der Waals surface area (Å²) in [7, 11) is -3.39. The van der Waals surface area contributed by atoms with Gasteiger partial charge < -0.3 is 8.85 Å². The van der Waals surface area contributed by atoms with E-state index in [4.69, 9.17) is 8.85 Å². The maximum atomic E-state index is 6.44. The molecule has 0 N–H and O–H groups in total. The van der Waals surface area contributed by atoms with Gasteiger partial charge in [0.25, 0.3) is 0 Å². The summed E-state index contributed by atoms with van der Waals surface area (Å²) in [4.78, 5) is 4.32. The van der Waals surface area contributed by atoms with Crippen molar-refractivity contribution < 1.29 is 8.85 Å². The van der Waals surface area contributed by atoms with Crippen LogP contribution in [0.2, 0.25) is 37.8 Å². The van der Waals surface area contributed by atoms with E-state index in [0.717, 1.165) is 11.4 Å². The van der Waals surface area contributed by atoms with Crippen LogP contribution in [0, 0.1) is 0 Å². The molecule has 0 aromatic carbocycles. The lowest BCUT2D eigenvalue weighted by Gasteiger charge is -2.38. The lowest BCUT2D eigenvalue weighted by molar-refractivity contribution is 0.202. The van der Waals surface area contributed by atoms with Crippen LogP contribution in [-0.4, -0.2) is 21.6 Å². The fraction of sp³-hybridized carbons (Fsp3) is 0.688. The van der Waals surface area contributed by atoms with Crippen molar-refractivity contribution in [3.8, 4) is 5.88 Å². The first-order valence-electron chi connectivity index (χ1n) is 7.65. The van der Waals surface area contributed by atoms with E-state index < -0.39 is 16.6 Å². The highest BCUT2D eigenvalue weighted by atomic mass is 28.4. The lowest BCUT2D eigenvalue weighted by atomic mass is 10.2. The summed E-state index contributed by atoms with van der Waals surface area (Å²) in [5.41, 5.74) is 1.14. The highest BCUT2D eigenvalue weighted by molar-refractivity contribution is 6.74. The van der Waals surface area contributed by atoms with E-state index in [1.165, 1.54) is 0 Å². The Morgan fingerprint density at radius 2 is 1.67 bits per heavy atom. The number of hydrogen-bond acceptors (Lipinski definition) is 3. The third-order valence-corrected chi connectivity index (χ3v) is 9.29. The molecule has 1 heterocycles. The molecule has 0 amide bonds. The van der Waals surface area contributed by atoms with Crippen molar-refractivity contribution in [2.45, 2.75) is 71.6 Å². The number of rotatable bonds is 5. The van der Waals surface area contributed by atoms with Gasteiger partial charge in [0.1, 0.15) is 0 Å². The summed E-state index contributed by atoms with van der Waals surface area (Å²) in [6.45, 7) is 20.0. The minimum Gasteiger partial charge on any atom is -0.531 e. The van der Waals surface area contributed by atoms with Gasteiger partial charge >= 0.3 is 0 Å². The largest absolute Gasteiger partial charge is 0.531 e. The van der Waals surface area contributed by atoms with Gasteiger partial charge in [-0.25, -0.2) is 4.98 Å². The Bertz CT molecular complexity index is 476. The number of pyridine rings is 1. The highest BCUT2D eigenvalue weighted by Gasteiger charge is 2.38. The molecule has 1 aromatic rings. The molecule has 1 unspecified atom stereocenters. The maximum absolute atomic E-state index is 6.44. The van der Waals surface area contributed by atoms with Crippen LogP contribution in [0.4, 0.5) is 0 Å². The van der Waals surface area contributed by atoms with Gasteiger partial charge in [-0.3, -0.25) is 0 Å².